The summed E-state index contributed by atoms with van der Waals surface area (Å²) in [5.74, 6) is 0.791. The van der Waals surface area contributed by atoms with Gasteiger partial charge in [-0.2, -0.15) is 0 Å². The van der Waals surface area contributed by atoms with Gasteiger partial charge < -0.3 is 19.1 Å². The van der Waals surface area contributed by atoms with E-state index in [4.69, 9.17) is 14.2 Å². The molecule has 1 aliphatic heterocycles. The number of carbonyl (C=O) groups excluding carboxylic acids is 1. The Morgan fingerprint density at radius 3 is 2.64 bits per heavy atom. The molecule has 0 spiro atoms. The molecule has 1 aliphatic rings. The Hall–Kier alpha value is -1.59. The van der Waals surface area contributed by atoms with Crippen molar-refractivity contribution in [3.05, 3.63) is 29.8 Å². The predicted octanol–water partition coefficient (Wildman–Crippen LogP) is 2.35. The van der Waals surface area contributed by atoms with Crippen LogP contribution in [-0.2, 0) is 9.47 Å². The van der Waals surface area contributed by atoms with E-state index in [0.29, 0.717) is 31.9 Å². The number of nitrogens with zero attached hydrogens (tertiary/aromatic N) is 1. The largest absolute Gasteiger partial charge is 0.494 e. The van der Waals surface area contributed by atoms with Crippen molar-refractivity contribution in [1.29, 1.82) is 0 Å². The summed E-state index contributed by atoms with van der Waals surface area (Å²) in [5.41, 5.74) is 0.292. The predicted molar refractivity (Wildman–Crippen MR) is 84.3 cm³/mol. The second kappa shape index (κ2) is 7.11. The fourth-order valence-electron chi connectivity index (χ4n) is 2.77. The van der Waals surface area contributed by atoms with E-state index in [-0.39, 0.29) is 17.6 Å². The van der Waals surface area contributed by atoms with Gasteiger partial charge in [-0.15, -0.1) is 0 Å². The molecular formula is C17H25NO4. The van der Waals surface area contributed by atoms with Crippen molar-refractivity contribution >= 4 is 5.91 Å². The minimum absolute atomic E-state index is 0.0144. The summed E-state index contributed by atoms with van der Waals surface area (Å²) in [4.78, 5) is 14.5. The lowest BCUT2D eigenvalue weighted by Gasteiger charge is -2.42. The van der Waals surface area contributed by atoms with Crippen LogP contribution in [0.2, 0.25) is 0 Å². The smallest absolute Gasteiger partial charge is 0.254 e. The van der Waals surface area contributed by atoms with E-state index in [1.807, 2.05) is 37.8 Å². The summed E-state index contributed by atoms with van der Waals surface area (Å²) in [6, 6.07) is 7.27. The fraction of sp³-hybridized carbons (Fsp3) is 0.588. The molecule has 1 aromatic rings. The van der Waals surface area contributed by atoms with Gasteiger partial charge in [0.1, 0.15) is 5.75 Å². The van der Waals surface area contributed by atoms with Gasteiger partial charge in [0.15, 0.2) is 0 Å². The van der Waals surface area contributed by atoms with Gasteiger partial charge >= 0.3 is 0 Å². The second-order valence-electron chi connectivity index (χ2n) is 6.10. The molecule has 1 amide bonds. The molecule has 1 saturated heterocycles. The van der Waals surface area contributed by atoms with E-state index in [1.165, 1.54) is 0 Å². The van der Waals surface area contributed by atoms with E-state index < -0.39 is 0 Å². The molecule has 0 unspecified atom stereocenters. The Labute approximate surface area is 132 Å². The standard InChI is InChI=1S/C17H25NO4/c1-5-21-14-8-6-13(7-9-14)16(19)18-10-15(11-20-4)22-17(2,3)12-18/h6-9,15H,5,10-12H2,1-4H3/t15-/m0/s1. The molecule has 0 aromatic heterocycles. The maximum absolute atomic E-state index is 12.7. The molecule has 0 radical (unpaired) electrons. The number of morpholine rings is 1. The van der Waals surface area contributed by atoms with E-state index in [9.17, 15) is 4.79 Å². The number of methoxy groups -OCH3 is 1. The SMILES string of the molecule is CCOc1ccc(C(=O)N2C[C@@H](COC)OC(C)(C)C2)cc1. The first-order valence-corrected chi connectivity index (χ1v) is 7.64. The third kappa shape index (κ3) is 4.21. The number of benzene rings is 1. The third-order valence-corrected chi connectivity index (χ3v) is 3.53. The fourth-order valence-corrected chi connectivity index (χ4v) is 2.77. The van der Waals surface area contributed by atoms with Gasteiger partial charge in [0.25, 0.3) is 5.91 Å². The van der Waals surface area contributed by atoms with E-state index in [1.54, 1.807) is 19.2 Å². The molecule has 2 rings (SSSR count). The molecule has 0 N–H and O–H groups in total. The number of amides is 1. The van der Waals surface area contributed by atoms with E-state index in [0.717, 1.165) is 5.75 Å². The number of carbonyl (C=O) groups is 1. The highest BCUT2D eigenvalue weighted by Crippen LogP contribution is 2.23. The Morgan fingerprint density at radius 2 is 2.05 bits per heavy atom. The van der Waals surface area contributed by atoms with Crippen LogP contribution in [-0.4, -0.2) is 55.9 Å². The van der Waals surface area contributed by atoms with Crippen LogP contribution in [0.4, 0.5) is 0 Å². The maximum Gasteiger partial charge on any atom is 0.254 e. The van der Waals surface area contributed by atoms with Crippen LogP contribution in [0.1, 0.15) is 31.1 Å². The molecule has 5 heteroatoms. The number of rotatable bonds is 5. The van der Waals surface area contributed by atoms with E-state index >= 15 is 0 Å². The van der Waals surface area contributed by atoms with Gasteiger partial charge in [0.2, 0.25) is 0 Å². The van der Waals surface area contributed by atoms with Crippen LogP contribution in [0.5, 0.6) is 5.75 Å². The Bertz CT molecular complexity index is 498. The molecule has 22 heavy (non-hydrogen) atoms. The summed E-state index contributed by atoms with van der Waals surface area (Å²) in [5, 5.41) is 0. The lowest BCUT2D eigenvalue weighted by atomic mass is 10.0. The van der Waals surface area contributed by atoms with Gasteiger partial charge in [-0.05, 0) is 45.0 Å². The zero-order valence-electron chi connectivity index (χ0n) is 13.8. The van der Waals surface area contributed by atoms with Gasteiger partial charge in [-0.25, -0.2) is 0 Å². The molecular weight excluding hydrogens is 282 g/mol. The average Bonchev–Trinajstić information content (AvgIpc) is 2.46. The monoisotopic (exact) mass is 307 g/mol. The molecule has 0 saturated carbocycles. The van der Waals surface area contributed by atoms with Crippen LogP contribution >= 0.6 is 0 Å². The second-order valence-corrected chi connectivity index (χ2v) is 6.10. The van der Waals surface area contributed by atoms with Crippen LogP contribution < -0.4 is 4.74 Å². The maximum atomic E-state index is 12.7. The van der Waals surface area contributed by atoms with Crippen LogP contribution in [0.3, 0.4) is 0 Å². The first-order chi connectivity index (χ1) is 10.4. The highest BCUT2D eigenvalue weighted by atomic mass is 16.5. The first-order valence-electron chi connectivity index (χ1n) is 7.64. The minimum Gasteiger partial charge on any atom is -0.494 e. The lowest BCUT2D eigenvalue weighted by Crippen LogP contribution is -2.55. The van der Waals surface area contributed by atoms with Crippen LogP contribution in [0.15, 0.2) is 24.3 Å². The number of ether oxygens (including phenoxy) is 3. The van der Waals surface area contributed by atoms with Gasteiger partial charge in [-0.1, -0.05) is 0 Å². The summed E-state index contributed by atoms with van der Waals surface area (Å²) < 4.78 is 16.5. The minimum atomic E-state index is -0.373. The lowest BCUT2D eigenvalue weighted by molar-refractivity contribution is -0.143. The zero-order valence-corrected chi connectivity index (χ0v) is 13.8. The summed E-state index contributed by atoms with van der Waals surface area (Å²) in [7, 11) is 1.64. The number of hydrogen-bond donors (Lipinski definition) is 0. The van der Waals surface area contributed by atoms with Gasteiger partial charge in [-0.3, -0.25) is 4.79 Å². The van der Waals surface area contributed by atoms with Crippen molar-refractivity contribution < 1.29 is 19.0 Å². The normalized spacial score (nSPS) is 20.7. The average molecular weight is 307 g/mol. The summed E-state index contributed by atoms with van der Waals surface area (Å²) >= 11 is 0. The third-order valence-electron chi connectivity index (χ3n) is 3.53. The van der Waals surface area contributed by atoms with Gasteiger partial charge in [0, 0.05) is 25.8 Å². The summed E-state index contributed by atoms with van der Waals surface area (Å²) in [6.45, 7) is 8.13. The molecule has 1 aromatic carbocycles. The van der Waals surface area contributed by atoms with Crippen molar-refractivity contribution in [2.45, 2.75) is 32.5 Å². The number of hydrogen-bond acceptors (Lipinski definition) is 4. The molecule has 5 nitrogen and oxygen atoms in total. The molecule has 1 atom stereocenters. The van der Waals surface area contributed by atoms with Crippen LogP contribution in [0, 0.1) is 0 Å². The van der Waals surface area contributed by atoms with E-state index in [2.05, 4.69) is 0 Å². The van der Waals surface area contributed by atoms with Crippen molar-refractivity contribution in [3.8, 4) is 5.75 Å². The highest BCUT2D eigenvalue weighted by molar-refractivity contribution is 5.94. The molecule has 1 fully saturated rings. The molecule has 0 aliphatic carbocycles. The Kier molecular flexibility index (Phi) is 5.42. The Morgan fingerprint density at radius 1 is 1.36 bits per heavy atom. The van der Waals surface area contributed by atoms with Crippen molar-refractivity contribution in [2.24, 2.45) is 0 Å². The molecule has 1 heterocycles. The topological polar surface area (TPSA) is 48.0 Å². The van der Waals surface area contributed by atoms with Crippen molar-refractivity contribution in [2.75, 3.05) is 33.4 Å². The first kappa shape index (κ1) is 16.8. The Balaban J connectivity index is 2.09. The summed E-state index contributed by atoms with van der Waals surface area (Å²) in [6.07, 6.45) is -0.0969. The molecule has 0 bridgehead atoms. The quantitative estimate of drug-likeness (QED) is 0.838. The highest BCUT2D eigenvalue weighted by Gasteiger charge is 2.35. The molecule has 122 valence electrons. The van der Waals surface area contributed by atoms with Crippen LogP contribution in [0.25, 0.3) is 0 Å². The van der Waals surface area contributed by atoms with Crippen molar-refractivity contribution in [1.82, 2.24) is 4.90 Å². The van der Waals surface area contributed by atoms with Gasteiger partial charge in [0.05, 0.1) is 24.9 Å². The van der Waals surface area contributed by atoms with Crippen molar-refractivity contribution in [3.63, 3.8) is 0 Å². The zero-order chi connectivity index (χ0) is 16.2.